The van der Waals surface area contributed by atoms with E-state index in [1.165, 1.54) is 6.42 Å². The van der Waals surface area contributed by atoms with Gasteiger partial charge in [0.2, 0.25) is 5.95 Å². The number of hydrogen-bond donors (Lipinski definition) is 1. The number of aromatic nitrogens is 2. The Morgan fingerprint density at radius 1 is 1.32 bits per heavy atom. The molecule has 3 atom stereocenters. The Hall–Kier alpha value is -1.36. The summed E-state index contributed by atoms with van der Waals surface area (Å²) in [6.45, 7) is 7.97. The topological polar surface area (TPSA) is 55.0 Å². The van der Waals surface area contributed by atoms with Crippen LogP contribution >= 0.6 is 11.3 Å². The molecule has 19 heavy (non-hydrogen) atoms. The molecule has 0 aliphatic carbocycles. The van der Waals surface area contributed by atoms with E-state index in [0.717, 1.165) is 22.6 Å². The predicted octanol–water partition coefficient (Wildman–Crippen LogP) is 3.14. The lowest BCUT2D eigenvalue weighted by Gasteiger charge is -2.42. The van der Waals surface area contributed by atoms with E-state index < -0.39 is 0 Å². The van der Waals surface area contributed by atoms with Crippen LogP contribution in [0.1, 0.15) is 27.2 Å². The molecule has 5 heteroatoms. The van der Waals surface area contributed by atoms with Crippen molar-refractivity contribution in [3.63, 3.8) is 0 Å². The number of anilines is 2. The van der Waals surface area contributed by atoms with Crippen molar-refractivity contribution in [1.82, 2.24) is 9.97 Å². The minimum Gasteiger partial charge on any atom is -0.368 e. The average molecular weight is 276 g/mol. The zero-order valence-electron chi connectivity index (χ0n) is 11.6. The summed E-state index contributed by atoms with van der Waals surface area (Å²) < 4.78 is 0. The first-order chi connectivity index (χ1) is 9.06. The molecule has 0 radical (unpaired) electrons. The Labute approximate surface area is 117 Å². The minimum absolute atomic E-state index is 0.378. The Morgan fingerprint density at radius 3 is 2.89 bits per heavy atom. The van der Waals surface area contributed by atoms with Crippen molar-refractivity contribution < 1.29 is 0 Å². The monoisotopic (exact) mass is 276 g/mol. The molecule has 4 nitrogen and oxygen atoms in total. The van der Waals surface area contributed by atoms with E-state index >= 15 is 0 Å². The van der Waals surface area contributed by atoms with Crippen molar-refractivity contribution in [3.8, 4) is 0 Å². The van der Waals surface area contributed by atoms with Gasteiger partial charge in [0.25, 0.3) is 0 Å². The summed E-state index contributed by atoms with van der Waals surface area (Å²) in [6.07, 6.45) is 1.28. The molecule has 1 aliphatic rings. The van der Waals surface area contributed by atoms with Crippen molar-refractivity contribution >= 4 is 33.3 Å². The second-order valence-electron chi connectivity index (χ2n) is 5.76. The zero-order valence-corrected chi connectivity index (χ0v) is 12.4. The van der Waals surface area contributed by atoms with E-state index in [1.54, 1.807) is 11.3 Å². The Kier molecular flexibility index (Phi) is 3.09. The van der Waals surface area contributed by atoms with Gasteiger partial charge in [-0.15, -0.1) is 11.3 Å². The van der Waals surface area contributed by atoms with Crippen molar-refractivity contribution in [2.45, 2.75) is 33.2 Å². The normalized spacial score (nSPS) is 27.9. The van der Waals surface area contributed by atoms with Crippen molar-refractivity contribution in [2.75, 3.05) is 17.2 Å². The highest BCUT2D eigenvalue weighted by Gasteiger charge is 2.30. The number of piperidine rings is 1. The smallest absolute Gasteiger partial charge is 0.223 e. The average Bonchev–Trinajstić information content (AvgIpc) is 2.80. The Bertz CT molecular complexity index is 594. The quantitative estimate of drug-likeness (QED) is 0.869. The maximum absolute atomic E-state index is 5.86. The van der Waals surface area contributed by atoms with Gasteiger partial charge < -0.3 is 10.6 Å². The maximum Gasteiger partial charge on any atom is 0.223 e. The van der Waals surface area contributed by atoms with E-state index in [1.807, 2.05) is 0 Å². The lowest BCUT2D eigenvalue weighted by atomic mass is 9.86. The van der Waals surface area contributed by atoms with Crippen LogP contribution in [0.25, 0.3) is 10.2 Å². The fourth-order valence-electron chi connectivity index (χ4n) is 3.07. The van der Waals surface area contributed by atoms with Gasteiger partial charge in [0.15, 0.2) is 0 Å². The summed E-state index contributed by atoms with van der Waals surface area (Å²) in [6, 6.07) is 2.60. The molecule has 3 rings (SSSR count). The fraction of sp³-hybridized carbons (Fsp3) is 0.571. The van der Waals surface area contributed by atoms with Crippen molar-refractivity contribution in [3.05, 3.63) is 11.4 Å². The number of hydrogen-bond acceptors (Lipinski definition) is 5. The second-order valence-corrected chi connectivity index (χ2v) is 6.65. The molecule has 0 amide bonds. The van der Waals surface area contributed by atoms with Crippen LogP contribution in [0.2, 0.25) is 0 Å². The summed E-state index contributed by atoms with van der Waals surface area (Å²) in [7, 11) is 0. The molecule has 3 unspecified atom stereocenters. The molecule has 0 aromatic carbocycles. The molecule has 2 aromatic heterocycles. The van der Waals surface area contributed by atoms with Gasteiger partial charge in [-0.2, -0.15) is 4.98 Å². The molecule has 2 N–H and O–H groups in total. The third-order valence-corrected chi connectivity index (χ3v) is 5.00. The molecular formula is C14H20N4S. The first-order valence-corrected chi connectivity index (χ1v) is 7.71. The molecular weight excluding hydrogens is 256 g/mol. The van der Waals surface area contributed by atoms with Crippen LogP contribution in [0.5, 0.6) is 0 Å². The number of nitrogen functional groups attached to an aromatic ring is 1. The molecule has 1 saturated heterocycles. The molecule has 0 spiro atoms. The predicted molar refractivity (Wildman–Crippen MR) is 81.6 cm³/mol. The third kappa shape index (κ3) is 2.16. The van der Waals surface area contributed by atoms with Crippen LogP contribution in [0.3, 0.4) is 0 Å². The largest absolute Gasteiger partial charge is 0.368 e. The highest BCUT2D eigenvalue weighted by atomic mass is 32.1. The summed E-state index contributed by atoms with van der Waals surface area (Å²) in [5.74, 6) is 2.75. The number of thiophene rings is 1. The first-order valence-electron chi connectivity index (χ1n) is 6.83. The van der Waals surface area contributed by atoms with Crippen LogP contribution in [0, 0.1) is 11.8 Å². The molecule has 0 saturated carbocycles. The zero-order chi connectivity index (χ0) is 13.6. The fourth-order valence-corrected chi connectivity index (χ4v) is 3.84. The Morgan fingerprint density at radius 2 is 2.11 bits per heavy atom. The maximum atomic E-state index is 5.86. The van der Waals surface area contributed by atoms with Crippen LogP contribution < -0.4 is 10.6 Å². The number of nitrogens with two attached hydrogens (primary N) is 1. The molecule has 1 fully saturated rings. The van der Waals surface area contributed by atoms with Gasteiger partial charge in [-0.3, -0.25) is 0 Å². The van der Waals surface area contributed by atoms with Gasteiger partial charge >= 0.3 is 0 Å². The molecule has 2 aromatic rings. The molecule has 102 valence electrons. The minimum atomic E-state index is 0.378. The third-order valence-electron chi connectivity index (χ3n) is 4.19. The van der Waals surface area contributed by atoms with E-state index in [2.05, 4.69) is 47.1 Å². The van der Waals surface area contributed by atoms with Gasteiger partial charge in [-0.05, 0) is 36.6 Å². The number of fused-ring (bicyclic) bond motifs is 1. The summed E-state index contributed by atoms with van der Waals surface area (Å²) >= 11 is 1.62. The van der Waals surface area contributed by atoms with Crippen LogP contribution in [0.15, 0.2) is 11.4 Å². The molecule has 1 aliphatic heterocycles. The van der Waals surface area contributed by atoms with Gasteiger partial charge in [-0.1, -0.05) is 13.8 Å². The highest BCUT2D eigenvalue weighted by Crippen LogP contribution is 2.35. The lowest BCUT2D eigenvalue weighted by Crippen LogP contribution is -2.46. The molecule has 3 heterocycles. The molecule has 0 bridgehead atoms. The van der Waals surface area contributed by atoms with Crippen LogP contribution in [-0.4, -0.2) is 22.6 Å². The van der Waals surface area contributed by atoms with Crippen molar-refractivity contribution in [1.29, 1.82) is 0 Å². The Balaban J connectivity index is 2.09. The first kappa shape index (κ1) is 12.7. The number of rotatable bonds is 1. The standard InChI is InChI=1S/C14H20N4S/c1-8-6-9(2)10(3)18(7-8)12-11-4-5-19-13(11)17-14(15)16-12/h4-5,8-10H,6-7H2,1-3H3,(H2,15,16,17). The van der Waals surface area contributed by atoms with Crippen molar-refractivity contribution in [2.24, 2.45) is 11.8 Å². The van der Waals surface area contributed by atoms with E-state index in [4.69, 9.17) is 5.73 Å². The van der Waals surface area contributed by atoms with Crippen LogP contribution in [0.4, 0.5) is 11.8 Å². The summed E-state index contributed by atoms with van der Waals surface area (Å²) in [4.78, 5) is 12.2. The summed E-state index contributed by atoms with van der Waals surface area (Å²) in [5.41, 5.74) is 5.86. The van der Waals surface area contributed by atoms with Gasteiger partial charge in [0.1, 0.15) is 10.6 Å². The number of nitrogens with zero attached hydrogens (tertiary/aromatic N) is 3. The SMILES string of the molecule is CC1CC(C)C(C)N(c2nc(N)nc3sccc23)C1. The van der Waals surface area contributed by atoms with Gasteiger partial charge in [0.05, 0.1) is 5.39 Å². The van der Waals surface area contributed by atoms with Crippen LogP contribution in [-0.2, 0) is 0 Å². The van der Waals surface area contributed by atoms with Gasteiger partial charge in [-0.25, -0.2) is 4.98 Å². The van der Waals surface area contributed by atoms with Gasteiger partial charge in [0, 0.05) is 12.6 Å². The highest BCUT2D eigenvalue weighted by molar-refractivity contribution is 7.16. The lowest BCUT2D eigenvalue weighted by molar-refractivity contribution is 0.296. The second kappa shape index (κ2) is 4.63. The van der Waals surface area contributed by atoms with E-state index in [0.29, 0.717) is 23.8 Å². The van der Waals surface area contributed by atoms with E-state index in [9.17, 15) is 0 Å². The van der Waals surface area contributed by atoms with E-state index in [-0.39, 0.29) is 0 Å². The summed E-state index contributed by atoms with van der Waals surface area (Å²) in [5, 5.41) is 3.19.